The lowest BCUT2D eigenvalue weighted by Crippen LogP contribution is -2.21. The molecular formula is C16H14FNO4. The van der Waals surface area contributed by atoms with Gasteiger partial charge in [0.25, 0.3) is 5.91 Å². The van der Waals surface area contributed by atoms with Crippen molar-refractivity contribution in [3.05, 3.63) is 59.4 Å². The first kappa shape index (κ1) is 15.5. The third-order valence-electron chi connectivity index (χ3n) is 2.85. The van der Waals surface area contributed by atoms with Crippen molar-refractivity contribution in [1.29, 1.82) is 0 Å². The molecule has 0 spiro atoms. The van der Waals surface area contributed by atoms with Gasteiger partial charge >= 0.3 is 5.97 Å². The van der Waals surface area contributed by atoms with Crippen LogP contribution in [-0.4, -0.2) is 23.6 Å². The Hall–Kier alpha value is -2.89. The number of halogens is 1. The molecule has 0 saturated heterocycles. The molecule has 2 aromatic carbocycles. The Balaban J connectivity index is 1.95. The Labute approximate surface area is 126 Å². The minimum Gasteiger partial charge on any atom is -0.507 e. The summed E-state index contributed by atoms with van der Waals surface area (Å²) in [7, 11) is 0. The number of rotatable bonds is 4. The molecule has 114 valence electrons. The molecule has 2 rings (SSSR count). The molecule has 1 amide bonds. The topological polar surface area (TPSA) is 75.6 Å². The van der Waals surface area contributed by atoms with Crippen molar-refractivity contribution in [3.8, 4) is 5.75 Å². The van der Waals surface area contributed by atoms with Crippen molar-refractivity contribution in [3.63, 3.8) is 0 Å². The van der Waals surface area contributed by atoms with Crippen molar-refractivity contribution in [2.24, 2.45) is 0 Å². The van der Waals surface area contributed by atoms with E-state index in [1.54, 1.807) is 19.1 Å². The molecule has 0 bridgehead atoms. The van der Waals surface area contributed by atoms with E-state index in [0.717, 1.165) is 5.56 Å². The van der Waals surface area contributed by atoms with Crippen LogP contribution in [0.1, 0.15) is 15.9 Å². The second-order valence-electron chi connectivity index (χ2n) is 4.62. The Kier molecular flexibility index (Phi) is 4.73. The summed E-state index contributed by atoms with van der Waals surface area (Å²) in [6.45, 7) is 1.17. The van der Waals surface area contributed by atoms with Crippen LogP contribution in [0.25, 0.3) is 0 Å². The smallest absolute Gasteiger partial charge is 0.342 e. The fraction of sp³-hybridized carbons (Fsp3) is 0.125. The minimum absolute atomic E-state index is 0.00181. The van der Waals surface area contributed by atoms with Crippen LogP contribution in [0.4, 0.5) is 10.1 Å². The van der Waals surface area contributed by atoms with Crippen LogP contribution in [0, 0.1) is 12.7 Å². The number of nitrogens with one attached hydrogen (secondary N) is 1. The first-order chi connectivity index (χ1) is 10.5. The normalized spacial score (nSPS) is 10.1. The second-order valence-corrected chi connectivity index (χ2v) is 4.62. The first-order valence-electron chi connectivity index (χ1n) is 6.48. The number of aryl methyl sites for hydroxylation is 1. The van der Waals surface area contributed by atoms with Gasteiger partial charge in [0, 0.05) is 0 Å². The number of hydrogen-bond acceptors (Lipinski definition) is 4. The quantitative estimate of drug-likeness (QED) is 0.851. The van der Waals surface area contributed by atoms with Crippen LogP contribution < -0.4 is 5.32 Å². The summed E-state index contributed by atoms with van der Waals surface area (Å²) in [5.41, 5.74) is 0.737. The molecule has 0 saturated carbocycles. The third-order valence-corrected chi connectivity index (χ3v) is 2.85. The highest BCUT2D eigenvalue weighted by Gasteiger charge is 2.15. The number of aromatic hydroxyl groups is 1. The number of benzene rings is 2. The van der Waals surface area contributed by atoms with E-state index in [2.05, 4.69) is 5.32 Å². The highest BCUT2D eigenvalue weighted by Crippen LogP contribution is 2.19. The Morgan fingerprint density at radius 2 is 1.95 bits per heavy atom. The number of phenols is 1. The molecule has 0 heterocycles. The maximum Gasteiger partial charge on any atom is 0.342 e. The molecule has 5 nitrogen and oxygen atoms in total. The molecule has 0 aromatic heterocycles. The van der Waals surface area contributed by atoms with Gasteiger partial charge in [0.15, 0.2) is 6.61 Å². The highest BCUT2D eigenvalue weighted by atomic mass is 19.1. The van der Waals surface area contributed by atoms with Crippen molar-refractivity contribution >= 4 is 17.6 Å². The van der Waals surface area contributed by atoms with Crippen molar-refractivity contribution in [1.82, 2.24) is 0 Å². The summed E-state index contributed by atoms with van der Waals surface area (Å²) in [5, 5.41) is 11.9. The fourth-order valence-electron chi connectivity index (χ4n) is 1.77. The molecule has 0 aliphatic carbocycles. The largest absolute Gasteiger partial charge is 0.507 e. The van der Waals surface area contributed by atoms with E-state index in [1.165, 1.54) is 30.3 Å². The van der Waals surface area contributed by atoms with Gasteiger partial charge in [-0.2, -0.15) is 0 Å². The summed E-state index contributed by atoms with van der Waals surface area (Å²) in [6.07, 6.45) is 0. The molecule has 2 N–H and O–H groups in total. The van der Waals surface area contributed by atoms with Gasteiger partial charge in [0.05, 0.1) is 5.69 Å². The van der Waals surface area contributed by atoms with E-state index in [4.69, 9.17) is 4.74 Å². The fourth-order valence-corrected chi connectivity index (χ4v) is 1.77. The van der Waals surface area contributed by atoms with Crippen molar-refractivity contribution in [2.75, 3.05) is 11.9 Å². The third kappa shape index (κ3) is 3.82. The van der Waals surface area contributed by atoms with E-state index < -0.39 is 24.3 Å². The molecule has 0 fully saturated rings. The number of hydrogen-bond donors (Lipinski definition) is 2. The van der Waals surface area contributed by atoms with Gasteiger partial charge in [0.2, 0.25) is 0 Å². The van der Waals surface area contributed by atoms with Crippen LogP contribution >= 0.6 is 0 Å². The number of phenolic OH excluding ortho intramolecular Hbond substituents is 1. The van der Waals surface area contributed by atoms with Crippen LogP contribution in [0.5, 0.6) is 5.75 Å². The number of esters is 1. The van der Waals surface area contributed by atoms with E-state index in [9.17, 15) is 19.1 Å². The van der Waals surface area contributed by atoms with Crippen LogP contribution in [0.2, 0.25) is 0 Å². The summed E-state index contributed by atoms with van der Waals surface area (Å²) in [6, 6.07) is 10.1. The van der Waals surface area contributed by atoms with Gasteiger partial charge in [-0.05, 0) is 31.2 Å². The number of anilines is 1. The molecule has 0 radical (unpaired) electrons. The zero-order chi connectivity index (χ0) is 16.1. The van der Waals surface area contributed by atoms with E-state index in [0.29, 0.717) is 0 Å². The van der Waals surface area contributed by atoms with E-state index >= 15 is 0 Å². The summed E-state index contributed by atoms with van der Waals surface area (Å²) in [5.74, 6) is -2.32. The molecule has 2 aromatic rings. The predicted octanol–water partition coefficient (Wildman–Crippen LogP) is 2.64. The number of ether oxygens (including phenoxy) is 1. The number of para-hydroxylation sites is 1. The maximum atomic E-state index is 13.4. The van der Waals surface area contributed by atoms with Crippen LogP contribution in [0.3, 0.4) is 0 Å². The van der Waals surface area contributed by atoms with Crippen molar-refractivity contribution in [2.45, 2.75) is 6.92 Å². The molecule has 0 atom stereocenters. The molecule has 0 aliphatic heterocycles. The molecule has 22 heavy (non-hydrogen) atoms. The lowest BCUT2D eigenvalue weighted by Gasteiger charge is -2.08. The Morgan fingerprint density at radius 3 is 2.68 bits per heavy atom. The van der Waals surface area contributed by atoms with Gasteiger partial charge in [-0.1, -0.05) is 23.8 Å². The van der Waals surface area contributed by atoms with Gasteiger partial charge in [-0.3, -0.25) is 4.79 Å². The van der Waals surface area contributed by atoms with Crippen LogP contribution in [0.15, 0.2) is 42.5 Å². The van der Waals surface area contributed by atoms with Crippen molar-refractivity contribution < 1.29 is 23.8 Å². The lowest BCUT2D eigenvalue weighted by molar-refractivity contribution is -0.119. The monoisotopic (exact) mass is 303 g/mol. The number of amides is 1. The summed E-state index contributed by atoms with van der Waals surface area (Å²) in [4.78, 5) is 23.4. The zero-order valence-corrected chi connectivity index (χ0v) is 11.8. The number of carbonyl (C=O) groups is 2. The molecule has 0 unspecified atom stereocenters. The standard InChI is InChI=1S/C16H14FNO4/c1-10-6-7-14(19)11(8-10)16(21)22-9-15(20)18-13-5-3-2-4-12(13)17/h2-8,19H,9H2,1H3,(H,18,20). The van der Waals surface area contributed by atoms with Gasteiger partial charge < -0.3 is 15.2 Å². The molecular weight excluding hydrogens is 289 g/mol. The average molecular weight is 303 g/mol. The molecule has 0 aliphatic rings. The van der Waals surface area contributed by atoms with Gasteiger partial charge in [0.1, 0.15) is 17.1 Å². The minimum atomic E-state index is -0.829. The Bertz CT molecular complexity index is 715. The number of carbonyl (C=O) groups excluding carboxylic acids is 2. The maximum absolute atomic E-state index is 13.4. The lowest BCUT2D eigenvalue weighted by atomic mass is 10.1. The SMILES string of the molecule is Cc1ccc(O)c(C(=O)OCC(=O)Nc2ccccc2F)c1. The second kappa shape index (κ2) is 6.71. The predicted molar refractivity (Wildman–Crippen MR) is 78.2 cm³/mol. The molecule has 6 heteroatoms. The van der Waals surface area contributed by atoms with Gasteiger partial charge in [-0.15, -0.1) is 0 Å². The summed E-state index contributed by atoms with van der Waals surface area (Å²) >= 11 is 0. The van der Waals surface area contributed by atoms with Crippen LogP contribution in [-0.2, 0) is 9.53 Å². The average Bonchev–Trinajstić information content (AvgIpc) is 2.49. The van der Waals surface area contributed by atoms with E-state index in [1.807, 2.05) is 0 Å². The zero-order valence-electron chi connectivity index (χ0n) is 11.8. The van der Waals surface area contributed by atoms with Gasteiger partial charge in [-0.25, -0.2) is 9.18 Å². The summed E-state index contributed by atoms with van der Waals surface area (Å²) < 4.78 is 18.2. The first-order valence-corrected chi connectivity index (χ1v) is 6.48. The Morgan fingerprint density at radius 1 is 1.23 bits per heavy atom. The van der Waals surface area contributed by atoms with E-state index in [-0.39, 0.29) is 17.0 Å². The highest BCUT2D eigenvalue weighted by molar-refractivity contribution is 5.96.